The molecular weight excluding hydrogens is 357 g/mol. The van der Waals surface area contributed by atoms with E-state index in [0.717, 1.165) is 16.2 Å². The van der Waals surface area contributed by atoms with E-state index in [9.17, 15) is 4.79 Å². The summed E-state index contributed by atoms with van der Waals surface area (Å²) in [5.74, 6) is -0.100. The predicted octanol–water partition coefficient (Wildman–Crippen LogP) is 4.01. The van der Waals surface area contributed by atoms with Gasteiger partial charge in [0.15, 0.2) is 0 Å². The van der Waals surface area contributed by atoms with Crippen LogP contribution in [0.4, 0.5) is 0 Å². The first-order chi connectivity index (χ1) is 7.52. The second-order valence-electron chi connectivity index (χ2n) is 3.51. The van der Waals surface area contributed by atoms with E-state index in [4.69, 9.17) is 11.6 Å². The molecule has 1 aromatic carbocycles. The molecule has 2 nitrogen and oxygen atoms in total. The first-order valence-electron chi connectivity index (χ1n) is 4.86. The Morgan fingerprint density at radius 3 is 2.75 bits per heavy atom. The van der Waals surface area contributed by atoms with Gasteiger partial charge in [-0.05, 0) is 31.5 Å². The SMILES string of the molecule is CC(CCBr)NC(=O)c1cc(Cl)cc(Br)c1. The number of halogens is 3. The van der Waals surface area contributed by atoms with Crippen LogP contribution in [0.3, 0.4) is 0 Å². The zero-order valence-electron chi connectivity index (χ0n) is 8.77. The van der Waals surface area contributed by atoms with Crippen LogP contribution in [-0.4, -0.2) is 17.3 Å². The first kappa shape index (κ1) is 14.0. The Balaban J connectivity index is 2.72. The van der Waals surface area contributed by atoms with Crippen LogP contribution < -0.4 is 5.32 Å². The van der Waals surface area contributed by atoms with Crippen LogP contribution in [0.25, 0.3) is 0 Å². The quantitative estimate of drug-likeness (QED) is 0.799. The van der Waals surface area contributed by atoms with E-state index in [1.165, 1.54) is 0 Å². The highest BCUT2D eigenvalue weighted by atomic mass is 79.9. The van der Waals surface area contributed by atoms with Gasteiger partial charge in [-0.3, -0.25) is 4.79 Å². The van der Waals surface area contributed by atoms with Crippen LogP contribution in [0.5, 0.6) is 0 Å². The number of nitrogens with one attached hydrogen (secondary N) is 1. The molecule has 0 aliphatic heterocycles. The van der Waals surface area contributed by atoms with Gasteiger partial charge >= 0.3 is 0 Å². The number of amides is 1. The Kier molecular flexibility index (Phi) is 5.79. The summed E-state index contributed by atoms with van der Waals surface area (Å²) in [6, 6.07) is 5.30. The zero-order valence-corrected chi connectivity index (χ0v) is 12.7. The predicted molar refractivity (Wildman–Crippen MR) is 74.5 cm³/mol. The second kappa shape index (κ2) is 6.62. The standard InChI is InChI=1S/C11H12Br2ClNO/c1-7(2-3-12)15-11(16)8-4-9(13)6-10(14)5-8/h4-7H,2-3H2,1H3,(H,15,16). The average molecular weight is 369 g/mol. The van der Waals surface area contributed by atoms with Gasteiger partial charge in [-0.15, -0.1) is 0 Å². The van der Waals surface area contributed by atoms with Gasteiger partial charge in [-0.1, -0.05) is 43.5 Å². The summed E-state index contributed by atoms with van der Waals surface area (Å²) in [7, 11) is 0. The molecule has 0 saturated carbocycles. The number of carbonyl (C=O) groups excluding carboxylic acids is 1. The molecule has 0 fully saturated rings. The molecule has 0 spiro atoms. The van der Waals surface area contributed by atoms with Gasteiger partial charge in [0.25, 0.3) is 5.91 Å². The molecule has 1 aromatic rings. The molecule has 1 atom stereocenters. The third-order valence-electron chi connectivity index (χ3n) is 2.04. The monoisotopic (exact) mass is 367 g/mol. The minimum Gasteiger partial charge on any atom is -0.350 e. The average Bonchev–Trinajstić information content (AvgIpc) is 2.16. The zero-order chi connectivity index (χ0) is 12.1. The van der Waals surface area contributed by atoms with Gasteiger partial charge < -0.3 is 5.32 Å². The lowest BCUT2D eigenvalue weighted by molar-refractivity contribution is 0.0939. The van der Waals surface area contributed by atoms with Crippen LogP contribution >= 0.6 is 43.5 Å². The van der Waals surface area contributed by atoms with E-state index in [-0.39, 0.29) is 11.9 Å². The van der Waals surface area contributed by atoms with Gasteiger partial charge in [0, 0.05) is 26.4 Å². The minimum absolute atomic E-state index is 0.100. The highest BCUT2D eigenvalue weighted by Crippen LogP contribution is 2.19. The van der Waals surface area contributed by atoms with Gasteiger partial charge in [-0.2, -0.15) is 0 Å². The molecule has 0 aliphatic carbocycles. The molecule has 88 valence electrons. The Morgan fingerprint density at radius 2 is 2.19 bits per heavy atom. The topological polar surface area (TPSA) is 29.1 Å². The Labute approximate surface area is 117 Å². The number of rotatable bonds is 4. The molecule has 1 unspecified atom stereocenters. The second-order valence-corrected chi connectivity index (χ2v) is 5.66. The van der Waals surface area contributed by atoms with Crippen molar-refractivity contribution < 1.29 is 4.79 Å². The lowest BCUT2D eigenvalue weighted by Gasteiger charge is -2.12. The van der Waals surface area contributed by atoms with Gasteiger partial charge in [0.2, 0.25) is 0 Å². The summed E-state index contributed by atoms with van der Waals surface area (Å²) in [5.41, 5.74) is 0.570. The van der Waals surface area contributed by atoms with E-state index < -0.39 is 0 Å². The first-order valence-corrected chi connectivity index (χ1v) is 7.15. The van der Waals surface area contributed by atoms with Crippen molar-refractivity contribution in [3.05, 3.63) is 33.3 Å². The largest absolute Gasteiger partial charge is 0.350 e. The summed E-state index contributed by atoms with van der Waals surface area (Å²) < 4.78 is 0.804. The van der Waals surface area contributed by atoms with Crippen LogP contribution in [-0.2, 0) is 0 Å². The molecule has 16 heavy (non-hydrogen) atoms. The van der Waals surface area contributed by atoms with Crippen molar-refractivity contribution in [2.45, 2.75) is 19.4 Å². The highest BCUT2D eigenvalue weighted by molar-refractivity contribution is 9.10. The third-order valence-corrected chi connectivity index (χ3v) is 3.18. The van der Waals surface area contributed by atoms with Crippen LogP contribution in [0, 0.1) is 0 Å². The Hall–Kier alpha value is -0.0600. The maximum absolute atomic E-state index is 11.8. The fourth-order valence-electron chi connectivity index (χ4n) is 1.23. The van der Waals surface area contributed by atoms with Crippen molar-refractivity contribution in [3.8, 4) is 0 Å². The van der Waals surface area contributed by atoms with Gasteiger partial charge in [-0.25, -0.2) is 0 Å². The van der Waals surface area contributed by atoms with E-state index in [1.54, 1.807) is 18.2 Å². The molecule has 0 heterocycles. The Morgan fingerprint density at radius 1 is 1.50 bits per heavy atom. The van der Waals surface area contributed by atoms with Gasteiger partial charge in [0.1, 0.15) is 0 Å². The van der Waals surface area contributed by atoms with Crippen molar-refractivity contribution in [2.24, 2.45) is 0 Å². The van der Waals surface area contributed by atoms with E-state index in [0.29, 0.717) is 10.6 Å². The number of benzene rings is 1. The van der Waals surface area contributed by atoms with Crippen LogP contribution in [0.2, 0.25) is 5.02 Å². The summed E-state index contributed by atoms with van der Waals surface area (Å²) in [6.07, 6.45) is 0.896. The van der Waals surface area contributed by atoms with Crippen molar-refractivity contribution in [1.29, 1.82) is 0 Å². The Bertz CT molecular complexity index is 364. The smallest absolute Gasteiger partial charge is 0.251 e. The molecule has 0 radical (unpaired) electrons. The lowest BCUT2D eigenvalue weighted by atomic mass is 10.2. The van der Waals surface area contributed by atoms with Crippen molar-refractivity contribution >= 4 is 49.4 Å². The fourth-order valence-corrected chi connectivity index (χ4v) is 2.77. The minimum atomic E-state index is -0.100. The molecule has 0 aromatic heterocycles. The molecule has 0 saturated heterocycles. The van der Waals surface area contributed by atoms with E-state index in [1.807, 2.05) is 6.92 Å². The normalized spacial score (nSPS) is 12.2. The van der Waals surface area contributed by atoms with Gasteiger partial charge in [0.05, 0.1) is 0 Å². The fraction of sp³-hybridized carbons (Fsp3) is 0.364. The maximum Gasteiger partial charge on any atom is 0.251 e. The van der Waals surface area contributed by atoms with Crippen LogP contribution in [0.1, 0.15) is 23.7 Å². The third kappa shape index (κ3) is 4.44. The number of alkyl halides is 1. The lowest BCUT2D eigenvalue weighted by Crippen LogP contribution is -2.32. The number of carbonyl (C=O) groups is 1. The van der Waals surface area contributed by atoms with Crippen molar-refractivity contribution in [2.75, 3.05) is 5.33 Å². The molecule has 0 aliphatic rings. The molecule has 1 amide bonds. The van der Waals surface area contributed by atoms with Crippen molar-refractivity contribution in [1.82, 2.24) is 5.32 Å². The summed E-state index contributed by atoms with van der Waals surface area (Å²) in [4.78, 5) is 11.8. The van der Waals surface area contributed by atoms with E-state index in [2.05, 4.69) is 37.2 Å². The molecule has 1 N–H and O–H groups in total. The van der Waals surface area contributed by atoms with Crippen molar-refractivity contribution in [3.63, 3.8) is 0 Å². The van der Waals surface area contributed by atoms with E-state index >= 15 is 0 Å². The molecule has 5 heteroatoms. The van der Waals surface area contributed by atoms with Crippen LogP contribution in [0.15, 0.2) is 22.7 Å². The molecular formula is C11H12Br2ClNO. The molecule has 1 rings (SSSR count). The summed E-state index contributed by atoms with van der Waals surface area (Å²) >= 11 is 12.5. The highest BCUT2D eigenvalue weighted by Gasteiger charge is 2.10. The number of hydrogen-bond acceptors (Lipinski definition) is 1. The number of hydrogen-bond donors (Lipinski definition) is 1. The molecule has 0 bridgehead atoms. The summed E-state index contributed by atoms with van der Waals surface area (Å²) in [6.45, 7) is 1.97. The summed E-state index contributed by atoms with van der Waals surface area (Å²) in [5, 5.41) is 4.32. The maximum atomic E-state index is 11.8.